The van der Waals surface area contributed by atoms with Gasteiger partial charge in [-0.05, 0) is 35.4 Å². The maximum Gasteiger partial charge on any atom is 0.251 e. The molecule has 0 saturated carbocycles. The van der Waals surface area contributed by atoms with E-state index in [1.54, 1.807) is 24.3 Å². The summed E-state index contributed by atoms with van der Waals surface area (Å²) in [5, 5.41) is 4.68. The molecule has 8 heteroatoms. The number of amides is 1. The highest BCUT2D eigenvalue weighted by Gasteiger charge is 2.27. The van der Waals surface area contributed by atoms with Gasteiger partial charge in [0.25, 0.3) is 5.91 Å². The van der Waals surface area contributed by atoms with Crippen LogP contribution in [0.1, 0.15) is 16.8 Å². The van der Waals surface area contributed by atoms with Gasteiger partial charge in [0, 0.05) is 38.3 Å². The van der Waals surface area contributed by atoms with Gasteiger partial charge in [0.05, 0.1) is 11.4 Å². The summed E-state index contributed by atoms with van der Waals surface area (Å²) in [6.45, 7) is 1.80. The predicted octanol–water partition coefficient (Wildman–Crippen LogP) is 3.25. The van der Waals surface area contributed by atoms with E-state index in [1.807, 2.05) is 41.3 Å². The number of fused-ring (bicyclic) bond motifs is 1. The second-order valence-electron chi connectivity index (χ2n) is 7.79. The van der Waals surface area contributed by atoms with Crippen LogP contribution in [0, 0.1) is 5.82 Å². The summed E-state index contributed by atoms with van der Waals surface area (Å²) in [7, 11) is -3.43. The lowest BCUT2D eigenvalue weighted by Crippen LogP contribution is -2.49. The van der Waals surface area contributed by atoms with E-state index in [0.29, 0.717) is 43.9 Å². The first kappa shape index (κ1) is 22.2. The molecule has 168 valence electrons. The molecule has 1 N–H and O–H groups in total. The van der Waals surface area contributed by atoms with Crippen LogP contribution in [0.5, 0.6) is 0 Å². The summed E-state index contributed by atoms with van der Waals surface area (Å²) in [5.41, 5.74) is 1.08. The number of hydrogen-bond acceptors (Lipinski definition) is 4. The molecule has 0 aromatic heterocycles. The van der Waals surface area contributed by atoms with Gasteiger partial charge in [-0.2, -0.15) is 4.31 Å². The standard InChI is InChI=1S/C24H26FN3O3S/c25-22-11-3-4-12-23(22)27-14-16-28(17-15-27)32(30,31)18-6-13-26-24(29)21-10-5-8-19-7-1-2-9-20(19)21/h1-5,7-12H,6,13-18H2,(H,26,29). The maximum absolute atomic E-state index is 14.0. The molecule has 0 unspecified atom stereocenters. The fourth-order valence-corrected chi connectivity index (χ4v) is 5.51. The second kappa shape index (κ2) is 9.67. The molecule has 1 amide bonds. The number of halogens is 1. The number of anilines is 1. The molecule has 1 fully saturated rings. The summed E-state index contributed by atoms with van der Waals surface area (Å²) in [6.07, 6.45) is 0.326. The molecule has 0 radical (unpaired) electrons. The van der Waals surface area contributed by atoms with Gasteiger partial charge in [0.1, 0.15) is 5.82 Å². The molecule has 32 heavy (non-hydrogen) atoms. The van der Waals surface area contributed by atoms with Crippen LogP contribution in [0.15, 0.2) is 66.7 Å². The number of piperazine rings is 1. The Morgan fingerprint density at radius 1 is 0.906 bits per heavy atom. The van der Waals surface area contributed by atoms with Crippen LogP contribution in [0.2, 0.25) is 0 Å². The average molecular weight is 456 g/mol. The molecule has 1 saturated heterocycles. The Hall–Kier alpha value is -2.97. The first-order valence-electron chi connectivity index (χ1n) is 10.7. The maximum atomic E-state index is 14.0. The summed E-state index contributed by atoms with van der Waals surface area (Å²) in [4.78, 5) is 14.4. The molecule has 0 spiro atoms. The van der Waals surface area contributed by atoms with Crippen LogP contribution < -0.4 is 10.2 Å². The van der Waals surface area contributed by atoms with Crippen molar-refractivity contribution in [3.8, 4) is 0 Å². The highest BCUT2D eigenvalue weighted by molar-refractivity contribution is 7.89. The third-order valence-electron chi connectivity index (χ3n) is 5.72. The third-order valence-corrected chi connectivity index (χ3v) is 7.68. The van der Waals surface area contributed by atoms with E-state index in [-0.39, 0.29) is 24.0 Å². The average Bonchev–Trinajstić information content (AvgIpc) is 2.82. The summed E-state index contributed by atoms with van der Waals surface area (Å²) in [6, 6.07) is 19.7. The molecule has 0 bridgehead atoms. The number of nitrogens with zero attached hydrogens (tertiary/aromatic N) is 2. The number of hydrogen-bond donors (Lipinski definition) is 1. The number of carbonyl (C=O) groups excluding carboxylic acids is 1. The van der Waals surface area contributed by atoms with Crippen molar-refractivity contribution in [3.05, 3.63) is 78.1 Å². The minimum absolute atomic E-state index is 0.0392. The lowest BCUT2D eigenvalue weighted by atomic mass is 10.0. The Morgan fingerprint density at radius 3 is 2.38 bits per heavy atom. The van der Waals surface area contributed by atoms with Crippen molar-refractivity contribution in [2.75, 3.05) is 43.4 Å². The normalized spacial score (nSPS) is 15.1. The number of sulfonamides is 1. The van der Waals surface area contributed by atoms with Crippen molar-refractivity contribution >= 4 is 32.4 Å². The Balaban J connectivity index is 1.27. The van der Waals surface area contributed by atoms with Crippen molar-refractivity contribution in [3.63, 3.8) is 0 Å². The van der Waals surface area contributed by atoms with Crippen LogP contribution in [-0.4, -0.2) is 57.1 Å². The zero-order valence-corrected chi connectivity index (χ0v) is 18.5. The van der Waals surface area contributed by atoms with Gasteiger partial charge < -0.3 is 10.2 Å². The fourth-order valence-electron chi connectivity index (χ4n) is 4.02. The van der Waals surface area contributed by atoms with Gasteiger partial charge in [0.15, 0.2) is 0 Å². The molecule has 0 aliphatic carbocycles. The molecular weight excluding hydrogens is 429 g/mol. The van der Waals surface area contributed by atoms with Crippen LogP contribution in [0.3, 0.4) is 0 Å². The van der Waals surface area contributed by atoms with Crippen LogP contribution in [0.25, 0.3) is 10.8 Å². The molecular formula is C24H26FN3O3S. The molecule has 1 aliphatic rings. The predicted molar refractivity (Wildman–Crippen MR) is 125 cm³/mol. The second-order valence-corrected chi connectivity index (χ2v) is 9.88. The van der Waals surface area contributed by atoms with Crippen LogP contribution in [-0.2, 0) is 10.0 Å². The van der Waals surface area contributed by atoms with E-state index in [2.05, 4.69) is 5.32 Å². The summed E-state index contributed by atoms with van der Waals surface area (Å²) in [5.74, 6) is -0.550. The van der Waals surface area contributed by atoms with Crippen molar-refractivity contribution in [1.82, 2.24) is 9.62 Å². The minimum Gasteiger partial charge on any atom is -0.367 e. The highest BCUT2D eigenvalue weighted by Crippen LogP contribution is 2.21. The van der Waals surface area contributed by atoms with Crippen molar-refractivity contribution in [2.24, 2.45) is 0 Å². The number of nitrogens with one attached hydrogen (secondary N) is 1. The van der Waals surface area contributed by atoms with Gasteiger partial charge in [-0.15, -0.1) is 0 Å². The van der Waals surface area contributed by atoms with Gasteiger partial charge in [-0.1, -0.05) is 48.5 Å². The molecule has 3 aromatic carbocycles. The third kappa shape index (κ3) is 4.92. The SMILES string of the molecule is O=C(NCCCS(=O)(=O)N1CCN(c2ccccc2F)CC1)c1cccc2ccccc12. The Kier molecular flexibility index (Phi) is 6.72. The lowest BCUT2D eigenvalue weighted by molar-refractivity contribution is 0.0955. The Labute approximate surface area is 187 Å². The summed E-state index contributed by atoms with van der Waals surface area (Å²) < 4.78 is 40.8. The molecule has 1 aliphatic heterocycles. The highest BCUT2D eigenvalue weighted by atomic mass is 32.2. The van der Waals surface area contributed by atoms with Gasteiger partial charge >= 0.3 is 0 Å². The van der Waals surface area contributed by atoms with Gasteiger partial charge in [-0.25, -0.2) is 12.8 Å². The zero-order chi connectivity index (χ0) is 22.6. The van der Waals surface area contributed by atoms with Gasteiger partial charge in [0.2, 0.25) is 10.0 Å². The molecule has 0 atom stereocenters. The topological polar surface area (TPSA) is 69.7 Å². The first-order valence-corrected chi connectivity index (χ1v) is 12.3. The Bertz CT molecular complexity index is 1200. The van der Waals surface area contributed by atoms with E-state index < -0.39 is 10.0 Å². The fraction of sp³-hybridized carbons (Fsp3) is 0.292. The van der Waals surface area contributed by atoms with Crippen LogP contribution >= 0.6 is 0 Å². The monoisotopic (exact) mass is 455 g/mol. The van der Waals surface area contributed by atoms with E-state index in [1.165, 1.54) is 10.4 Å². The van der Waals surface area contributed by atoms with Crippen molar-refractivity contribution in [1.29, 1.82) is 0 Å². The number of rotatable bonds is 7. The van der Waals surface area contributed by atoms with E-state index in [0.717, 1.165) is 10.8 Å². The van der Waals surface area contributed by atoms with E-state index >= 15 is 0 Å². The molecule has 3 aromatic rings. The summed E-state index contributed by atoms with van der Waals surface area (Å²) >= 11 is 0. The molecule has 1 heterocycles. The molecule has 6 nitrogen and oxygen atoms in total. The zero-order valence-electron chi connectivity index (χ0n) is 17.7. The largest absolute Gasteiger partial charge is 0.367 e. The van der Waals surface area contributed by atoms with Crippen LogP contribution in [0.4, 0.5) is 10.1 Å². The van der Waals surface area contributed by atoms with E-state index in [9.17, 15) is 17.6 Å². The smallest absolute Gasteiger partial charge is 0.251 e. The number of benzene rings is 3. The van der Waals surface area contributed by atoms with Gasteiger partial charge in [-0.3, -0.25) is 4.79 Å². The quantitative estimate of drug-likeness (QED) is 0.556. The Morgan fingerprint density at radius 2 is 1.59 bits per heavy atom. The first-order chi connectivity index (χ1) is 15.5. The molecule has 4 rings (SSSR count). The number of carbonyl (C=O) groups is 1. The number of para-hydroxylation sites is 1. The van der Waals surface area contributed by atoms with Crippen molar-refractivity contribution in [2.45, 2.75) is 6.42 Å². The lowest BCUT2D eigenvalue weighted by Gasteiger charge is -2.35. The van der Waals surface area contributed by atoms with Crippen molar-refractivity contribution < 1.29 is 17.6 Å². The van der Waals surface area contributed by atoms with E-state index in [4.69, 9.17) is 0 Å². The minimum atomic E-state index is -3.43.